The van der Waals surface area contributed by atoms with Gasteiger partial charge in [-0.3, -0.25) is 4.79 Å². The zero-order chi connectivity index (χ0) is 21.3. The van der Waals surface area contributed by atoms with Crippen LogP contribution in [0.15, 0.2) is 11.6 Å². The fourth-order valence-corrected chi connectivity index (χ4v) is 4.60. The Morgan fingerprint density at radius 2 is 1.93 bits per heavy atom. The Morgan fingerprint density at radius 3 is 2.62 bits per heavy atom. The number of fused-ring (bicyclic) bond motifs is 1. The van der Waals surface area contributed by atoms with Crippen LogP contribution in [0.5, 0.6) is 0 Å². The first-order valence-corrected chi connectivity index (χ1v) is 10.6. The van der Waals surface area contributed by atoms with E-state index in [-0.39, 0.29) is 30.0 Å². The molecule has 0 aromatic carbocycles. The maximum atomic E-state index is 11.8. The molecule has 8 nitrogen and oxygen atoms in total. The lowest BCUT2D eigenvalue weighted by molar-refractivity contribution is -0.310. The van der Waals surface area contributed by atoms with Gasteiger partial charge >= 0.3 is 5.97 Å². The summed E-state index contributed by atoms with van der Waals surface area (Å²) >= 11 is 0. The van der Waals surface area contributed by atoms with Gasteiger partial charge in [0, 0.05) is 5.92 Å². The van der Waals surface area contributed by atoms with E-state index in [0.717, 1.165) is 19.3 Å². The standard InChI is InChI=1S/C21H34O8/c1-10-8-15-14(12(3)20(26)28-15)7-6-13(10)5-4-11(2)27-21-19(25)18(24)17(23)16(9-22)29-21/h6,10-12,14-19,21-25H,4-5,7-9H2,1-3H3/t10-,11+,12-,14+,15+,16+,17+,18-,19+,21+/m0/s1. The molecule has 1 aliphatic carbocycles. The number of hydrogen-bond acceptors (Lipinski definition) is 8. The van der Waals surface area contributed by atoms with Gasteiger partial charge in [0.1, 0.15) is 30.5 Å². The molecule has 4 N–H and O–H groups in total. The van der Waals surface area contributed by atoms with Gasteiger partial charge in [0.25, 0.3) is 0 Å². The summed E-state index contributed by atoms with van der Waals surface area (Å²) < 4.78 is 16.7. The second-order valence-corrected chi connectivity index (χ2v) is 8.76. The SMILES string of the molecule is C[C@H](CCC1=CC[C@@H]2[C@H](C)C(=O)O[C@@H]2C[C@@H]1C)O[C@@H]1O[C@H](CO)[C@@H](O)[C@H](O)[C@H]1O. The smallest absolute Gasteiger partial charge is 0.309 e. The highest BCUT2D eigenvalue weighted by Crippen LogP contribution is 2.40. The summed E-state index contributed by atoms with van der Waals surface area (Å²) in [5.41, 5.74) is 1.31. The summed E-state index contributed by atoms with van der Waals surface area (Å²) in [4.78, 5) is 11.8. The van der Waals surface area contributed by atoms with Gasteiger partial charge in [-0.15, -0.1) is 0 Å². The summed E-state index contributed by atoms with van der Waals surface area (Å²) in [5.74, 6) is 0.398. The lowest BCUT2D eigenvalue weighted by Gasteiger charge is -2.40. The van der Waals surface area contributed by atoms with E-state index in [1.54, 1.807) is 0 Å². The van der Waals surface area contributed by atoms with Gasteiger partial charge in [0.2, 0.25) is 0 Å². The molecule has 0 unspecified atom stereocenters. The summed E-state index contributed by atoms with van der Waals surface area (Å²) in [6.07, 6.45) is -1.18. The van der Waals surface area contributed by atoms with Crippen LogP contribution in [-0.2, 0) is 19.0 Å². The molecule has 0 amide bonds. The zero-order valence-electron chi connectivity index (χ0n) is 17.3. The van der Waals surface area contributed by atoms with Crippen molar-refractivity contribution in [3.8, 4) is 0 Å². The van der Waals surface area contributed by atoms with Crippen molar-refractivity contribution in [3.05, 3.63) is 11.6 Å². The number of allylic oxidation sites excluding steroid dienone is 2. The van der Waals surface area contributed by atoms with Crippen LogP contribution in [0, 0.1) is 17.8 Å². The first-order chi connectivity index (χ1) is 13.7. The quantitative estimate of drug-likeness (QED) is 0.366. The van der Waals surface area contributed by atoms with Crippen molar-refractivity contribution in [2.75, 3.05) is 6.61 Å². The van der Waals surface area contributed by atoms with Crippen molar-refractivity contribution in [1.29, 1.82) is 0 Å². The van der Waals surface area contributed by atoms with Crippen molar-refractivity contribution in [3.63, 3.8) is 0 Å². The summed E-state index contributed by atoms with van der Waals surface area (Å²) in [6, 6.07) is 0. The lowest BCUT2D eigenvalue weighted by atomic mass is 9.87. The van der Waals surface area contributed by atoms with Crippen LogP contribution in [-0.4, -0.2) is 75.9 Å². The molecule has 2 aliphatic heterocycles. The molecular formula is C21H34O8. The normalized spacial score (nSPS) is 43.9. The third kappa shape index (κ3) is 4.84. The molecule has 10 atom stereocenters. The first-order valence-electron chi connectivity index (χ1n) is 10.6. The van der Waals surface area contributed by atoms with E-state index in [4.69, 9.17) is 14.2 Å². The predicted molar refractivity (Wildman–Crippen MR) is 103 cm³/mol. The molecule has 29 heavy (non-hydrogen) atoms. The van der Waals surface area contributed by atoms with Gasteiger partial charge < -0.3 is 34.6 Å². The molecular weight excluding hydrogens is 380 g/mol. The lowest BCUT2D eigenvalue weighted by Crippen LogP contribution is -2.59. The number of rotatable bonds is 6. The minimum absolute atomic E-state index is 0.0101. The van der Waals surface area contributed by atoms with Gasteiger partial charge in [-0.05, 0) is 38.5 Å². The molecule has 0 spiro atoms. The minimum atomic E-state index is -1.44. The molecule has 0 aromatic heterocycles. The molecule has 0 aromatic rings. The number of carbonyl (C=O) groups is 1. The number of esters is 1. The third-order valence-corrected chi connectivity index (χ3v) is 6.68. The molecule has 8 heteroatoms. The molecule has 2 fully saturated rings. The Bertz CT molecular complexity index is 605. The highest BCUT2D eigenvalue weighted by atomic mass is 16.7. The van der Waals surface area contributed by atoms with Crippen LogP contribution in [0.2, 0.25) is 0 Å². The fourth-order valence-electron chi connectivity index (χ4n) is 4.60. The number of hydrogen-bond donors (Lipinski definition) is 4. The van der Waals surface area contributed by atoms with Gasteiger partial charge in [-0.1, -0.05) is 25.5 Å². The Kier molecular flexibility index (Phi) is 7.35. The Hall–Kier alpha value is -1.03. The molecule has 2 heterocycles. The Balaban J connectivity index is 1.53. The van der Waals surface area contributed by atoms with Crippen LogP contribution in [0.4, 0.5) is 0 Å². The topological polar surface area (TPSA) is 126 Å². The zero-order valence-corrected chi connectivity index (χ0v) is 17.3. The highest BCUT2D eigenvalue weighted by molar-refractivity contribution is 5.74. The summed E-state index contributed by atoms with van der Waals surface area (Å²) in [6.45, 7) is 5.47. The largest absolute Gasteiger partial charge is 0.462 e. The van der Waals surface area contributed by atoms with Crippen LogP contribution >= 0.6 is 0 Å². The highest BCUT2D eigenvalue weighted by Gasteiger charge is 2.45. The van der Waals surface area contributed by atoms with Crippen LogP contribution < -0.4 is 0 Å². The van der Waals surface area contributed by atoms with Gasteiger partial charge in [-0.25, -0.2) is 0 Å². The average Bonchev–Trinajstić information content (AvgIpc) is 2.85. The van der Waals surface area contributed by atoms with Gasteiger partial charge in [0.05, 0.1) is 18.6 Å². The number of aliphatic hydroxyl groups excluding tert-OH is 4. The third-order valence-electron chi connectivity index (χ3n) is 6.68. The first kappa shape index (κ1) is 22.7. The Labute approximate surface area is 171 Å². The van der Waals surface area contributed by atoms with Crippen molar-refractivity contribution in [1.82, 2.24) is 0 Å². The van der Waals surface area contributed by atoms with Crippen LogP contribution in [0.25, 0.3) is 0 Å². The molecule has 166 valence electrons. The summed E-state index contributed by atoms with van der Waals surface area (Å²) in [7, 11) is 0. The van der Waals surface area contributed by atoms with E-state index in [9.17, 15) is 25.2 Å². The molecule has 0 saturated carbocycles. The number of ether oxygens (including phenoxy) is 3. The summed E-state index contributed by atoms with van der Waals surface area (Å²) in [5, 5.41) is 39.1. The van der Waals surface area contributed by atoms with Crippen LogP contribution in [0.1, 0.15) is 46.5 Å². The predicted octanol–water partition coefficient (Wildman–Crippen LogP) is 0.506. The average molecular weight is 414 g/mol. The van der Waals surface area contributed by atoms with E-state index in [1.807, 2.05) is 13.8 Å². The van der Waals surface area contributed by atoms with Crippen molar-refractivity contribution >= 4 is 5.97 Å². The van der Waals surface area contributed by atoms with Crippen molar-refractivity contribution in [2.24, 2.45) is 17.8 Å². The van der Waals surface area contributed by atoms with Crippen LogP contribution in [0.3, 0.4) is 0 Å². The second-order valence-electron chi connectivity index (χ2n) is 8.76. The van der Waals surface area contributed by atoms with E-state index < -0.39 is 37.3 Å². The second kappa shape index (κ2) is 9.41. The molecule has 3 aliphatic rings. The van der Waals surface area contributed by atoms with E-state index in [1.165, 1.54) is 5.57 Å². The van der Waals surface area contributed by atoms with E-state index in [0.29, 0.717) is 12.3 Å². The number of aliphatic hydroxyl groups is 4. The maximum Gasteiger partial charge on any atom is 0.309 e. The maximum absolute atomic E-state index is 11.8. The molecule has 0 bridgehead atoms. The number of carbonyl (C=O) groups excluding carboxylic acids is 1. The van der Waals surface area contributed by atoms with E-state index in [2.05, 4.69) is 13.0 Å². The molecule has 0 radical (unpaired) electrons. The Morgan fingerprint density at radius 1 is 1.21 bits per heavy atom. The van der Waals surface area contributed by atoms with Gasteiger partial charge in [0.15, 0.2) is 6.29 Å². The monoisotopic (exact) mass is 414 g/mol. The molecule has 2 saturated heterocycles. The van der Waals surface area contributed by atoms with E-state index >= 15 is 0 Å². The fraction of sp³-hybridized carbons (Fsp3) is 0.857. The minimum Gasteiger partial charge on any atom is -0.462 e. The van der Waals surface area contributed by atoms with Crippen molar-refractivity contribution < 1.29 is 39.4 Å². The van der Waals surface area contributed by atoms with Gasteiger partial charge in [-0.2, -0.15) is 0 Å². The molecule has 3 rings (SSSR count). The van der Waals surface area contributed by atoms with Crippen molar-refractivity contribution in [2.45, 2.75) is 89.4 Å².